The van der Waals surface area contributed by atoms with E-state index in [0.717, 1.165) is 83.2 Å². The van der Waals surface area contributed by atoms with Gasteiger partial charge >= 0.3 is 0 Å². The summed E-state index contributed by atoms with van der Waals surface area (Å²) in [5.41, 5.74) is 7.29. The van der Waals surface area contributed by atoms with Crippen LogP contribution in [0.2, 0.25) is 0 Å². The molecule has 0 bridgehead atoms. The fourth-order valence-corrected chi connectivity index (χ4v) is 9.41. The summed E-state index contributed by atoms with van der Waals surface area (Å²) in [7, 11) is -3.98. The minimum atomic E-state index is -3.98. The first kappa shape index (κ1) is 43.8. The lowest BCUT2D eigenvalue weighted by atomic mass is 9.89. The molecule has 0 aliphatic carbocycles. The summed E-state index contributed by atoms with van der Waals surface area (Å²) in [5, 5.41) is 12.7. The third-order valence-electron chi connectivity index (χ3n) is 11.9. The molecule has 8 rings (SSSR count). The van der Waals surface area contributed by atoms with Gasteiger partial charge in [-0.25, -0.2) is 18.4 Å². The second kappa shape index (κ2) is 20.1. The van der Waals surface area contributed by atoms with Crippen LogP contribution < -0.4 is 14.9 Å². The maximum atomic E-state index is 13.8. The van der Waals surface area contributed by atoms with Gasteiger partial charge in [0, 0.05) is 63.1 Å². The summed E-state index contributed by atoms with van der Waals surface area (Å²) in [4.78, 5) is 27.4. The number of carbonyl (C=O) groups excluding carboxylic acids is 1. The van der Waals surface area contributed by atoms with Gasteiger partial charge in [-0.05, 0) is 77.1 Å². The highest BCUT2D eigenvalue weighted by Gasteiger charge is 2.39. The topological polar surface area (TPSA) is 146 Å². The smallest absolute Gasteiger partial charge is 0.241 e. The Balaban J connectivity index is 0.975. The molecule has 3 N–H and O–H groups in total. The molecule has 63 heavy (non-hydrogen) atoms. The summed E-state index contributed by atoms with van der Waals surface area (Å²) < 4.78 is 43.2. The molecule has 6 aromatic rings. The van der Waals surface area contributed by atoms with E-state index in [-0.39, 0.29) is 42.6 Å². The van der Waals surface area contributed by atoms with E-state index in [9.17, 15) is 18.3 Å². The van der Waals surface area contributed by atoms with Gasteiger partial charge in [0.15, 0.2) is 6.29 Å². The molecule has 1 aromatic heterocycles. The van der Waals surface area contributed by atoms with E-state index in [4.69, 9.17) is 9.47 Å². The Kier molecular flexibility index (Phi) is 14.0. The van der Waals surface area contributed by atoms with Crippen molar-refractivity contribution >= 4 is 21.9 Å². The Morgan fingerprint density at radius 1 is 0.762 bits per heavy atom. The summed E-state index contributed by atoms with van der Waals surface area (Å²) >= 11 is 0. The first-order chi connectivity index (χ1) is 30.6. The van der Waals surface area contributed by atoms with Crippen molar-refractivity contribution in [1.82, 2.24) is 24.9 Å². The second-order valence-electron chi connectivity index (χ2n) is 16.4. The number of rotatable bonds is 15. The number of hydrogen-bond donors (Lipinski definition) is 3. The molecular formula is C50H54N6O6S. The standard InChI is InChI=1S/C50H54N6O6S/c1-35-15-21-44(22-16-35)63(59,60)54-45(30-37-9-4-3-5-10-37)48(58)53-32-39-11-6-12-41(29-39)42-13-7-14-43(31-42)49-61-46(36(2)47(62-49)40-19-17-38(34-57)18-20-40)33-55-25-27-56(28-26-55)50-51-23-8-24-52-50/h3-24,29,31,36,45-47,49,54,57H,25-28,30,32-34H2,1-2H3,(H,53,58)/t36-,45+,46+,47+,49+/m0/s1. The monoisotopic (exact) mass is 866 g/mol. The summed E-state index contributed by atoms with van der Waals surface area (Å²) in [6.07, 6.45) is 2.72. The van der Waals surface area contributed by atoms with Crippen LogP contribution in [0.3, 0.4) is 0 Å². The third kappa shape index (κ3) is 11.1. The van der Waals surface area contributed by atoms with E-state index in [0.29, 0.717) is 0 Å². The normalized spacial score (nSPS) is 20.0. The summed E-state index contributed by atoms with van der Waals surface area (Å²) in [5.74, 6) is 0.364. The number of ether oxygens (including phenoxy) is 2. The lowest BCUT2D eigenvalue weighted by molar-refractivity contribution is -0.276. The number of hydrogen-bond acceptors (Lipinski definition) is 10. The third-order valence-corrected chi connectivity index (χ3v) is 13.4. The van der Waals surface area contributed by atoms with Crippen molar-refractivity contribution in [2.24, 2.45) is 5.92 Å². The minimum Gasteiger partial charge on any atom is -0.392 e. The number of piperazine rings is 1. The number of nitrogens with one attached hydrogen (secondary N) is 2. The molecule has 0 spiro atoms. The number of carbonyl (C=O) groups is 1. The molecule has 0 unspecified atom stereocenters. The molecule has 326 valence electrons. The van der Waals surface area contributed by atoms with Gasteiger partial charge in [-0.15, -0.1) is 0 Å². The molecule has 12 nitrogen and oxygen atoms in total. The van der Waals surface area contributed by atoms with Gasteiger partial charge < -0.3 is 24.8 Å². The van der Waals surface area contributed by atoms with Crippen LogP contribution in [0, 0.1) is 12.8 Å². The van der Waals surface area contributed by atoms with Crippen molar-refractivity contribution < 1.29 is 27.8 Å². The van der Waals surface area contributed by atoms with Crippen molar-refractivity contribution in [3.8, 4) is 11.1 Å². The zero-order valence-corrected chi connectivity index (χ0v) is 36.4. The highest BCUT2D eigenvalue weighted by molar-refractivity contribution is 7.89. The number of amides is 1. The van der Waals surface area contributed by atoms with Gasteiger partial charge in [0.1, 0.15) is 6.04 Å². The van der Waals surface area contributed by atoms with Crippen molar-refractivity contribution in [3.63, 3.8) is 0 Å². The quantitative estimate of drug-likeness (QED) is 0.101. The number of nitrogens with zero attached hydrogens (tertiary/aromatic N) is 4. The highest BCUT2D eigenvalue weighted by Crippen LogP contribution is 2.42. The predicted molar refractivity (Wildman–Crippen MR) is 243 cm³/mol. The van der Waals surface area contributed by atoms with Gasteiger partial charge in [0.2, 0.25) is 21.9 Å². The van der Waals surface area contributed by atoms with Crippen LogP contribution in [0.1, 0.15) is 52.7 Å². The predicted octanol–water partition coefficient (Wildman–Crippen LogP) is 6.76. The number of anilines is 1. The molecule has 0 saturated carbocycles. The number of aliphatic hydroxyl groups excluding tert-OH is 1. The first-order valence-corrected chi connectivity index (χ1v) is 22.9. The molecule has 1 amide bonds. The van der Waals surface area contributed by atoms with Crippen LogP contribution in [0.4, 0.5) is 5.95 Å². The fourth-order valence-electron chi connectivity index (χ4n) is 8.22. The molecular weight excluding hydrogens is 813 g/mol. The average Bonchev–Trinajstić information content (AvgIpc) is 3.32. The molecule has 2 aliphatic heterocycles. The first-order valence-electron chi connectivity index (χ1n) is 21.5. The average molecular weight is 867 g/mol. The van der Waals surface area contributed by atoms with Crippen LogP contribution in [0.15, 0.2) is 151 Å². The Morgan fingerprint density at radius 3 is 2.16 bits per heavy atom. The van der Waals surface area contributed by atoms with Crippen molar-refractivity contribution in [2.75, 3.05) is 37.6 Å². The van der Waals surface area contributed by atoms with E-state index in [1.54, 1.807) is 36.7 Å². The van der Waals surface area contributed by atoms with E-state index >= 15 is 0 Å². The molecule has 5 aromatic carbocycles. The maximum absolute atomic E-state index is 13.8. The van der Waals surface area contributed by atoms with Crippen LogP contribution in [-0.2, 0) is 43.9 Å². The number of benzene rings is 5. The maximum Gasteiger partial charge on any atom is 0.241 e. The highest BCUT2D eigenvalue weighted by atomic mass is 32.2. The second-order valence-corrected chi connectivity index (χ2v) is 18.1. The lowest BCUT2D eigenvalue weighted by Gasteiger charge is -2.44. The van der Waals surface area contributed by atoms with E-state index in [2.05, 4.69) is 42.8 Å². The van der Waals surface area contributed by atoms with Gasteiger partial charge in [-0.3, -0.25) is 9.69 Å². The van der Waals surface area contributed by atoms with Gasteiger partial charge in [-0.1, -0.05) is 116 Å². The minimum absolute atomic E-state index is 0.0269. The molecule has 2 fully saturated rings. The van der Waals surface area contributed by atoms with Crippen molar-refractivity contribution in [2.45, 2.75) is 62.9 Å². The molecule has 2 saturated heterocycles. The Hall–Kier alpha value is -5.80. The van der Waals surface area contributed by atoms with Crippen LogP contribution in [0.25, 0.3) is 11.1 Å². The Bertz CT molecular complexity index is 2540. The van der Waals surface area contributed by atoms with Crippen LogP contribution >= 0.6 is 0 Å². The van der Waals surface area contributed by atoms with Crippen molar-refractivity contribution in [3.05, 3.63) is 179 Å². The summed E-state index contributed by atoms with van der Waals surface area (Å²) in [6.45, 7) is 8.34. The Labute approximate surface area is 370 Å². The summed E-state index contributed by atoms with van der Waals surface area (Å²) in [6, 6.07) is 40.8. The molecule has 0 radical (unpaired) electrons. The number of aliphatic hydroxyl groups is 1. The zero-order chi connectivity index (χ0) is 43.8. The number of sulfonamides is 1. The number of aryl methyl sites for hydroxylation is 1. The van der Waals surface area contributed by atoms with Gasteiger partial charge in [0.05, 0.1) is 23.7 Å². The lowest BCUT2D eigenvalue weighted by Crippen LogP contribution is -2.51. The van der Waals surface area contributed by atoms with E-state index < -0.39 is 28.3 Å². The molecule has 3 heterocycles. The van der Waals surface area contributed by atoms with Crippen LogP contribution in [0.5, 0.6) is 0 Å². The SMILES string of the molecule is Cc1ccc(S(=O)(=O)N[C@H](Cc2ccccc2)C(=O)NCc2cccc(-c3cccc([C@@H]4O[C@H](CN5CCN(c6ncccn6)CC5)[C@H](C)[C@H](c5ccc(CO)cc5)O4)c3)c2)cc1. The fraction of sp³-hybridized carbons (Fsp3) is 0.300. The molecule has 13 heteroatoms. The molecule has 2 aliphatic rings. The van der Waals surface area contributed by atoms with E-state index in [1.807, 2.05) is 110 Å². The van der Waals surface area contributed by atoms with Gasteiger partial charge in [-0.2, -0.15) is 4.72 Å². The van der Waals surface area contributed by atoms with E-state index in [1.165, 1.54) is 0 Å². The zero-order valence-electron chi connectivity index (χ0n) is 35.6. The number of aromatic nitrogens is 2. The van der Waals surface area contributed by atoms with Crippen LogP contribution in [-0.4, -0.2) is 79.2 Å². The largest absolute Gasteiger partial charge is 0.392 e. The molecule has 5 atom stereocenters. The van der Waals surface area contributed by atoms with Gasteiger partial charge in [0.25, 0.3) is 0 Å². The van der Waals surface area contributed by atoms with Crippen molar-refractivity contribution in [1.29, 1.82) is 0 Å². The Morgan fingerprint density at radius 2 is 1.44 bits per heavy atom.